The predicted octanol–water partition coefficient (Wildman–Crippen LogP) is 4.65. The van der Waals surface area contributed by atoms with E-state index in [0.717, 1.165) is 50.4 Å². The predicted molar refractivity (Wildman–Crippen MR) is 141 cm³/mol. The molecule has 0 spiro atoms. The van der Waals surface area contributed by atoms with Gasteiger partial charge in [-0.2, -0.15) is 0 Å². The molecule has 8 heteroatoms. The first-order valence-corrected chi connectivity index (χ1v) is 12.8. The fourth-order valence-corrected chi connectivity index (χ4v) is 6.47. The molecule has 4 aromatic rings. The zero-order chi connectivity index (χ0) is 26.3. The number of ether oxygens (including phenoxy) is 2. The molecule has 5 heterocycles. The molecule has 3 aliphatic heterocycles. The van der Waals surface area contributed by atoms with Gasteiger partial charge < -0.3 is 29.0 Å². The van der Waals surface area contributed by atoms with E-state index < -0.39 is 23.5 Å². The minimum atomic E-state index is -1.90. The lowest BCUT2D eigenvalue weighted by molar-refractivity contribution is -0.202. The van der Waals surface area contributed by atoms with Gasteiger partial charge in [0.05, 0.1) is 29.2 Å². The van der Waals surface area contributed by atoms with Gasteiger partial charge in [0.2, 0.25) is 5.60 Å². The zero-order valence-electron chi connectivity index (χ0n) is 21.6. The van der Waals surface area contributed by atoms with Crippen LogP contribution >= 0.6 is 0 Å². The van der Waals surface area contributed by atoms with Crippen LogP contribution in [-0.4, -0.2) is 38.8 Å². The van der Waals surface area contributed by atoms with E-state index in [1.807, 2.05) is 34.9 Å². The fraction of sp³-hybridized carbons (Fsp3) is 0.379. The lowest BCUT2D eigenvalue weighted by Crippen LogP contribution is -2.56. The maximum atomic E-state index is 13.0. The Kier molecular flexibility index (Phi) is 5.10. The molecule has 0 saturated carbocycles. The normalized spacial score (nSPS) is 25.2. The SMILES string of the molecule is C=CCC.CCc1cc2c3c(c4c5ccccc5n5c4c2n1C1CC(O)(C(=O)OC)C5(C)O1)CNC3=O. The number of para-hydroxylation sites is 1. The number of esters is 1. The van der Waals surface area contributed by atoms with Crippen LogP contribution in [0, 0.1) is 0 Å². The van der Waals surface area contributed by atoms with Gasteiger partial charge in [0.1, 0.15) is 6.23 Å². The largest absolute Gasteiger partial charge is 0.467 e. The summed E-state index contributed by atoms with van der Waals surface area (Å²) in [6, 6.07) is 9.94. The van der Waals surface area contributed by atoms with Crippen LogP contribution in [0.25, 0.3) is 32.7 Å². The van der Waals surface area contributed by atoms with Gasteiger partial charge in [-0.15, -0.1) is 6.58 Å². The minimum absolute atomic E-state index is 0.0453. The van der Waals surface area contributed by atoms with E-state index in [1.54, 1.807) is 6.92 Å². The van der Waals surface area contributed by atoms with Crippen LogP contribution in [0.2, 0.25) is 0 Å². The number of hydrogen-bond donors (Lipinski definition) is 2. The van der Waals surface area contributed by atoms with Crippen LogP contribution in [0.5, 0.6) is 0 Å². The number of nitrogens with zero attached hydrogens (tertiary/aromatic N) is 2. The molecule has 192 valence electrons. The molecular weight excluding hydrogens is 470 g/mol. The van der Waals surface area contributed by atoms with Gasteiger partial charge in [0, 0.05) is 34.8 Å². The summed E-state index contributed by atoms with van der Waals surface area (Å²) >= 11 is 0. The molecule has 3 unspecified atom stereocenters. The lowest BCUT2D eigenvalue weighted by atomic mass is 9.88. The van der Waals surface area contributed by atoms with Crippen LogP contribution in [-0.2, 0) is 33.0 Å². The number of fused-ring (bicyclic) bond motifs is 10. The molecule has 8 nitrogen and oxygen atoms in total. The Morgan fingerprint density at radius 1 is 1.30 bits per heavy atom. The summed E-state index contributed by atoms with van der Waals surface area (Å²) in [5.41, 5.74) is 1.95. The first-order valence-electron chi connectivity index (χ1n) is 12.8. The van der Waals surface area contributed by atoms with Crippen LogP contribution in [0.3, 0.4) is 0 Å². The number of rotatable bonds is 3. The second-order valence-corrected chi connectivity index (χ2v) is 10.0. The number of carbonyl (C=O) groups excluding carboxylic acids is 2. The molecule has 1 fully saturated rings. The number of amides is 1. The van der Waals surface area contributed by atoms with E-state index >= 15 is 0 Å². The highest BCUT2D eigenvalue weighted by Crippen LogP contribution is 2.56. The summed E-state index contributed by atoms with van der Waals surface area (Å²) < 4.78 is 15.7. The summed E-state index contributed by atoms with van der Waals surface area (Å²) in [6.45, 7) is 9.79. The Hall–Kier alpha value is -3.62. The number of aryl methyl sites for hydroxylation is 1. The molecule has 7 rings (SSSR count). The summed E-state index contributed by atoms with van der Waals surface area (Å²) in [5, 5.41) is 17.7. The van der Waals surface area contributed by atoms with E-state index in [9.17, 15) is 14.7 Å². The number of carbonyl (C=O) groups is 2. The van der Waals surface area contributed by atoms with Crippen molar-refractivity contribution in [2.24, 2.45) is 0 Å². The molecule has 2 aromatic carbocycles. The molecule has 0 radical (unpaired) electrons. The Bertz CT molecular complexity index is 1650. The van der Waals surface area contributed by atoms with Crippen molar-refractivity contribution in [1.82, 2.24) is 14.5 Å². The molecule has 3 aliphatic rings. The first-order chi connectivity index (χ1) is 17.8. The van der Waals surface area contributed by atoms with Gasteiger partial charge in [0.15, 0.2) is 5.72 Å². The van der Waals surface area contributed by atoms with Crippen molar-refractivity contribution in [2.45, 2.75) is 64.1 Å². The van der Waals surface area contributed by atoms with E-state index in [4.69, 9.17) is 9.47 Å². The number of benzene rings is 2. The third-order valence-electron chi connectivity index (χ3n) is 8.23. The molecule has 1 saturated heterocycles. The van der Waals surface area contributed by atoms with E-state index in [2.05, 4.69) is 36.4 Å². The molecule has 1 amide bonds. The van der Waals surface area contributed by atoms with E-state index in [1.165, 1.54) is 7.11 Å². The molecular formula is C29H31N3O5. The van der Waals surface area contributed by atoms with Gasteiger partial charge >= 0.3 is 5.97 Å². The second-order valence-electron chi connectivity index (χ2n) is 10.0. The number of aromatic nitrogens is 2. The van der Waals surface area contributed by atoms with Crippen molar-refractivity contribution in [3.8, 4) is 0 Å². The van der Waals surface area contributed by atoms with Crippen LogP contribution in [0.1, 0.15) is 61.5 Å². The quantitative estimate of drug-likeness (QED) is 0.315. The van der Waals surface area contributed by atoms with Gasteiger partial charge in [-0.1, -0.05) is 38.1 Å². The number of aliphatic hydroxyl groups is 1. The molecule has 2 aromatic heterocycles. The summed E-state index contributed by atoms with van der Waals surface area (Å²) in [6.07, 6.45) is 3.12. The van der Waals surface area contributed by atoms with Gasteiger partial charge in [-0.3, -0.25) is 4.79 Å². The van der Waals surface area contributed by atoms with Crippen molar-refractivity contribution in [3.05, 3.63) is 59.8 Å². The van der Waals surface area contributed by atoms with Gasteiger partial charge in [-0.25, -0.2) is 4.79 Å². The third-order valence-corrected chi connectivity index (χ3v) is 8.23. The highest BCUT2D eigenvalue weighted by atomic mass is 16.6. The number of hydrogen-bond acceptors (Lipinski definition) is 5. The van der Waals surface area contributed by atoms with Crippen molar-refractivity contribution in [2.75, 3.05) is 7.11 Å². The zero-order valence-corrected chi connectivity index (χ0v) is 21.6. The molecule has 2 bridgehead atoms. The third kappa shape index (κ3) is 2.74. The Balaban J connectivity index is 0.000000590. The maximum absolute atomic E-state index is 13.0. The average Bonchev–Trinajstić information content (AvgIpc) is 3.61. The van der Waals surface area contributed by atoms with Crippen molar-refractivity contribution >= 4 is 44.6 Å². The van der Waals surface area contributed by atoms with Crippen molar-refractivity contribution in [1.29, 1.82) is 0 Å². The highest BCUT2D eigenvalue weighted by Gasteiger charge is 2.65. The Morgan fingerprint density at radius 3 is 2.70 bits per heavy atom. The molecule has 37 heavy (non-hydrogen) atoms. The monoisotopic (exact) mass is 501 g/mol. The smallest absolute Gasteiger partial charge is 0.343 e. The minimum Gasteiger partial charge on any atom is -0.467 e. The second kappa shape index (κ2) is 7.94. The van der Waals surface area contributed by atoms with Crippen LogP contribution < -0.4 is 5.32 Å². The Labute approximate surface area is 214 Å². The Morgan fingerprint density at radius 2 is 2.03 bits per heavy atom. The summed E-state index contributed by atoms with van der Waals surface area (Å²) in [7, 11) is 1.28. The van der Waals surface area contributed by atoms with Gasteiger partial charge in [-0.05, 0) is 37.5 Å². The molecule has 3 atom stereocenters. The summed E-state index contributed by atoms with van der Waals surface area (Å²) in [5.74, 6) is -0.794. The fourth-order valence-electron chi connectivity index (χ4n) is 6.47. The summed E-state index contributed by atoms with van der Waals surface area (Å²) in [4.78, 5) is 26.0. The number of allylic oxidation sites excluding steroid dienone is 1. The highest BCUT2D eigenvalue weighted by molar-refractivity contribution is 6.25. The van der Waals surface area contributed by atoms with Crippen LogP contribution in [0.15, 0.2) is 43.0 Å². The van der Waals surface area contributed by atoms with Crippen molar-refractivity contribution in [3.63, 3.8) is 0 Å². The first kappa shape index (κ1) is 23.8. The van der Waals surface area contributed by atoms with Crippen molar-refractivity contribution < 1.29 is 24.2 Å². The maximum Gasteiger partial charge on any atom is 0.343 e. The average molecular weight is 502 g/mol. The van der Waals surface area contributed by atoms with E-state index in [0.29, 0.717) is 18.5 Å². The lowest BCUT2D eigenvalue weighted by Gasteiger charge is -2.37. The van der Waals surface area contributed by atoms with Crippen LogP contribution in [0.4, 0.5) is 0 Å². The molecule has 0 aliphatic carbocycles. The van der Waals surface area contributed by atoms with Gasteiger partial charge in [0.25, 0.3) is 5.91 Å². The number of nitrogens with one attached hydrogen (secondary N) is 1. The topological polar surface area (TPSA) is 94.7 Å². The molecule has 2 N–H and O–H groups in total. The standard InChI is InChI=1S/C25H23N3O5.C4H8/c1-4-12-9-14-19-15(11-26-22(19)29)18-13-7-5-6-8-16(13)28-21(18)20(14)27(12)17-10-25(31,23(30)32-3)24(28,2)33-17;1-3-4-2/h5-9,17,31H,4,10-11H2,1-3H3,(H,26,29);3H,1,4H2,2H3. The number of methoxy groups -OCH3 is 1. The van der Waals surface area contributed by atoms with E-state index in [-0.39, 0.29) is 12.3 Å².